The fourth-order valence-electron chi connectivity index (χ4n) is 1.30. The van der Waals surface area contributed by atoms with Crippen molar-refractivity contribution >= 4 is 36.4 Å². The van der Waals surface area contributed by atoms with Crippen LogP contribution in [0, 0.1) is 5.92 Å². The van der Waals surface area contributed by atoms with Crippen LogP contribution >= 0.6 is 12.6 Å². The van der Waals surface area contributed by atoms with Gasteiger partial charge in [0, 0.05) is 18.6 Å². The Hall–Kier alpha value is -1.77. The van der Waals surface area contributed by atoms with Crippen LogP contribution in [0.15, 0.2) is 0 Å². The average Bonchev–Trinajstić information content (AvgIpc) is 2.30. The number of primary amides is 1. The van der Waals surface area contributed by atoms with E-state index in [4.69, 9.17) is 15.9 Å². The van der Waals surface area contributed by atoms with E-state index < -0.39 is 42.1 Å². The van der Waals surface area contributed by atoms with E-state index in [9.17, 15) is 19.2 Å². The summed E-state index contributed by atoms with van der Waals surface area (Å²) in [5.74, 6) is -4.71. The third kappa shape index (κ3) is 7.29. The van der Waals surface area contributed by atoms with Crippen LogP contribution in [0.2, 0.25) is 0 Å². The maximum atomic E-state index is 11.7. The molecule has 0 bridgehead atoms. The average molecular weight is 292 g/mol. The summed E-state index contributed by atoms with van der Waals surface area (Å²) in [5, 5.41) is 19.5. The minimum atomic E-state index is -1.34. The van der Waals surface area contributed by atoms with E-state index in [-0.39, 0.29) is 18.6 Å². The minimum absolute atomic E-state index is 0.0278. The summed E-state index contributed by atoms with van der Waals surface area (Å²) in [7, 11) is 0. The molecule has 2 amide bonds. The monoisotopic (exact) mass is 292 g/mol. The van der Waals surface area contributed by atoms with Crippen LogP contribution in [0.25, 0.3) is 0 Å². The molecule has 0 aromatic carbocycles. The highest BCUT2D eigenvalue weighted by molar-refractivity contribution is 7.80. The summed E-state index contributed by atoms with van der Waals surface area (Å²) in [6.45, 7) is 0. The lowest BCUT2D eigenvalue weighted by Gasteiger charge is -2.17. The number of thiol groups is 1. The second kappa shape index (κ2) is 8.35. The van der Waals surface area contributed by atoms with Crippen LogP contribution in [-0.2, 0) is 19.2 Å². The molecule has 0 fully saturated rings. The summed E-state index contributed by atoms with van der Waals surface area (Å²) in [6.07, 6.45) is -0.883. The van der Waals surface area contributed by atoms with Gasteiger partial charge in [-0.25, -0.2) is 4.79 Å². The predicted octanol–water partition coefficient (Wildman–Crippen LogP) is -1.16. The molecule has 0 aromatic rings. The van der Waals surface area contributed by atoms with Gasteiger partial charge in [-0.2, -0.15) is 12.6 Å². The number of amides is 2. The zero-order valence-electron chi connectivity index (χ0n) is 10.0. The first-order valence-electron chi connectivity index (χ1n) is 5.42. The molecule has 19 heavy (non-hydrogen) atoms. The lowest BCUT2D eigenvalue weighted by Crippen LogP contribution is -2.45. The largest absolute Gasteiger partial charge is 0.481 e. The van der Waals surface area contributed by atoms with Gasteiger partial charge in [0.15, 0.2) is 0 Å². The number of carboxylic acids is 2. The normalized spacial score (nSPS) is 13.3. The van der Waals surface area contributed by atoms with Gasteiger partial charge in [-0.3, -0.25) is 14.4 Å². The number of carbonyl (C=O) groups excluding carboxylic acids is 2. The molecule has 0 aliphatic heterocycles. The molecule has 0 heterocycles. The quantitative estimate of drug-likeness (QED) is 0.339. The van der Waals surface area contributed by atoms with Crippen LogP contribution in [-0.4, -0.2) is 45.8 Å². The first-order chi connectivity index (χ1) is 8.77. The second-order valence-corrected chi connectivity index (χ2v) is 4.25. The first kappa shape index (κ1) is 17.2. The molecule has 9 heteroatoms. The third-order valence-corrected chi connectivity index (χ3v) is 2.74. The van der Waals surface area contributed by atoms with Crippen LogP contribution in [0.4, 0.5) is 0 Å². The molecular formula is C10H16N2O6S. The van der Waals surface area contributed by atoms with Gasteiger partial charge in [-0.05, 0) is 6.42 Å². The standard InChI is InChI=1S/C10H16N2O6S/c11-7(13)3-5(4-19)9(16)12-6(10(17)18)1-2-8(14)15/h5-6,19H,1-4H2,(H2,11,13)(H,12,16)(H,14,15)(H,17,18)/t5?,6-/m0/s1. The molecule has 2 atom stereocenters. The summed E-state index contributed by atoms with van der Waals surface area (Å²) in [5.41, 5.74) is 4.95. The summed E-state index contributed by atoms with van der Waals surface area (Å²) in [4.78, 5) is 43.6. The number of nitrogens with one attached hydrogen (secondary N) is 1. The second-order valence-electron chi connectivity index (χ2n) is 3.88. The summed E-state index contributed by atoms with van der Waals surface area (Å²) < 4.78 is 0. The number of hydrogen-bond donors (Lipinski definition) is 5. The van der Waals surface area contributed by atoms with Crippen molar-refractivity contribution < 1.29 is 29.4 Å². The van der Waals surface area contributed by atoms with Crippen molar-refractivity contribution in [2.24, 2.45) is 11.7 Å². The van der Waals surface area contributed by atoms with Gasteiger partial charge < -0.3 is 21.3 Å². The Bertz CT molecular complexity index is 373. The van der Waals surface area contributed by atoms with Crippen LogP contribution in [0.3, 0.4) is 0 Å². The van der Waals surface area contributed by atoms with Gasteiger partial charge in [0.1, 0.15) is 6.04 Å². The fourth-order valence-corrected chi connectivity index (χ4v) is 1.59. The maximum Gasteiger partial charge on any atom is 0.326 e. The number of aliphatic carboxylic acids is 2. The highest BCUT2D eigenvalue weighted by atomic mass is 32.1. The zero-order valence-corrected chi connectivity index (χ0v) is 10.9. The molecule has 108 valence electrons. The molecule has 0 rings (SSSR count). The van der Waals surface area contributed by atoms with Gasteiger partial charge in [0.05, 0.1) is 5.92 Å². The number of carboxylic acid groups (broad SMARTS) is 2. The Labute approximate surface area is 114 Å². The highest BCUT2D eigenvalue weighted by Gasteiger charge is 2.26. The molecule has 0 aliphatic rings. The topological polar surface area (TPSA) is 147 Å². The number of rotatable bonds is 9. The SMILES string of the molecule is NC(=O)CC(CS)C(=O)N[C@@H](CCC(=O)O)C(=O)O. The van der Waals surface area contributed by atoms with E-state index in [0.717, 1.165) is 0 Å². The fraction of sp³-hybridized carbons (Fsp3) is 0.600. The third-order valence-electron chi connectivity index (χ3n) is 2.30. The van der Waals surface area contributed by atoms with Gasteiger partial charge in [-0.15, -0.1) is 0 Å². The zero-order chi connectivity index (χ0) is 15.0. The van der Waals surface area contributed by atoms with E-state index in [1.807, 2.05) is 0 Å². The van der Waals surface area contributed by atoms with E-state index in [1.165, 1.54) is 0 Å². The Morgan fingerprint density at radius 3 is 2.16 bits per heavy atom. The molecule has 8 nitrogen and oxygen atoms in total. The van der Waals surface area contributed by atoms with Crippen molar-refractivity contribution in [2.45, 2.75) is 25.3 Å². The van der Waals surface area contributed by atoms with Crippen LogP contribution in [0.1, 0.15) is 19.3 Å². The molecule has 0 spiro atoms. The minimum Gasteiger partial charge on any atom is -0.481 e. The van der Waals surface area contributed by atoms with Crippen molar-refractivity contribution in [1.82, 2.24) is 5.32 Å². The lowest BCUT2D eigenvalue weighted by molar-refractivity contribution is -0.143. The van der Waals surface area contributed by atoms with Crippen molar-refractivity contribution in [3.05, 3.63) is 0 Å². The molecular weight excluding hydrogens is 276 g/mol. The van der Waals surface area contributed by atoms with Crippen LogP contribution < -0.4 is 11.1 Å². The molecule has 5 N–H and O–H groups in total. The Balaban J connectivity index is 4.55. The molecule has 0 aliphatic carbocycles. The molecule has 0 aromatic heterocycles. The van der Waals surface area contributed by atoms with Gasteiger partial charge in [-0.1, -0.05) is 0 Å². The Morgan fingerprint density at radius 2 is 1.79 bits per heavy atom. The number of carbonyl (C=O) groups is 4. The maximum absolute atomic E-state index is 11.7. The lowest BCUT2D eigenvalue weighted by atomic mass is 10.0. The van der Waals surface area contributed by atoms with Crippen molar-refractivity contribution in [3.8, 4) is 0 Å². The molecule has 0 saturated heterocycles. The van der Waals surface area contributed by atoms with Gasteiger partial charge in [0.2, 0.25) is 11.8 Å². The summed E-state index contributed by atoms with van der Waals surface area (Å²) in [6, 6.07) is -1.32. The van der Waals surface area contributed by atoms with Gasteiger partial charge in [0.25, 0.3) is 0 Å². The van der Waals surface area contributed by atoms with Crippen molar-refractivity contribution in [3.63, 3.8) is 0 Å². The van der Waals surface area contributed by atoms with E-state index >= 15 is 0 Å². The van der Waals surface area contributed by atoms with E-state index in [1.54, 1.807) is 0 Å². The predicted molar refractivity (Wildman–Crippen MR) is 67.6 cm³/mol. The van der Waals surface area contributed by atoms with Gasteiger partial charge >= 0.3 is 11.9 Å². The Morgan fingerprint density at radius 1 is 1.21 bits per heavy atom. The van der Waals surface area contributed by atoms with Crippen molar-refractivity contribution in [2.75, 3.05) is 5.75 Å². The number of nitrogens with two attached hydrogens (primary N) is 1. The van der Waals surface area contributed by atoms with Crippen LogP contribution in [0.5, 0.6) is 0 Å². The first-order valence-corrected chi connectivity index (χ1v) is 6.05. The molecule has 0 radical (unpaired) electrons. The smallest absolute Gasteiger partial charge is 0.326 e. The molecule has 0 saturated carbocycles. The number of hydrogen-bond acceptors (Lipinski definition) is 5. The molecule has 1 unspecified atom stereocenters. The van der Waals surface area contributed by atoms with E-state index in [0.29, 0.717) is 0 Å². The summed E-state index contributed by atoms with van der Waals surface area (Å²) >= 11 is 3.88. The highest BCUT2D eigenvalue weighted by Crippen LogP contribution is 2.07. The van der Waals surface area contributed by atoms with E-state index in [2.05, 4.69) is 17.9 Å². The Kier molecular flexibility index (Phi) is 7.57. The van der Waals surface area contributed by atoms with Crippen molar-refractivity contribution in [1.29, 1.82) is 0 Å².